The molecule has 0 aliphatic carbocycles. The van der Waals surface area contributed by atoms with Gasteiger partial charge in [-0.25, -0.2) is 0 Å². The molecule has 0 aliphatic rings. The molecule has 1 N–H and O–H groups in total. The normalized spacial score (nSPS) is 10.5. The van der Waals surface area contributed by atoms with Crippen LogP contribution in [-0.2, 0) is 13.1 Å². The van der Waals surface area contributed by atoms with Crippen LogP contribution in [0.4, 0.5) is 0 Å². The Kier molecular flexibility index (Phi) is 4.35. The van der Waals surface area contributed by atoms with Gasteiger partial charge in [-0.3, -0.25) is 0 Å². The molecule has 0 radical (unpaired) electrons. The first-order chi connectivity index (χ1) is 9.22. The minimum absolute atomic E-state index is 0.537. The van der Waals surface area contributed by atoms with E-state index in [1.807, 2.05) is 18.2 Å². The Bertz CT molecular complexity index is 540. The molecule has 0 unspecified atom stereocenters. The van der Waals surface area contributed by atoms with Gasteiger partial charge in [-0.1, -0.05) is 6.07 Å². The van der Waals surface area contributed by atoms with Crippen LogP contribution in [0.1, 0.15) is 17.3 Å². The predicted octanol–water partition coefficient (Wildman–Crippen LogP) is 1.69. The molecule has 1 aromatic carbocycles. The first-order valence-corrected chi connectivity index (χ1v) is 5.93. The summed E-state index contributed by atoms with van der Waals surface area (Å²) >= 11 is 0. The second kappa shape index (κ2) is 6.19. The van der Waals surface area contributed by atoms with Crippen molar-refractivity contribution in [3.63, 3.8) is 0 Å². The standard InChI is InChI=1S/C13H17N3O3/c1-9-15-16-13(19-9)8-14-7-10-4-5-11(17-2)12(6-10)18-3/h4-6,14H,7-8H2,1-3H3. The van der Waals surface area contributed by atoms with Crippen molar-refractivity contribution in [3.8, 4) is 11.5 Å². The largest absolute Gasteiger partial charge is 0.493 e. The molecule has 2 aromatic rings. The van der Waals surface area contributed by atoms with Crippen LogP contribution < -0.4 is 14.8 Å². The van der Waals surface area contributed by atoms with Crippen LogP contribution in [0, 0.1) is 6.92 Å². The van der Waals surface area contributed by atoms with Gasteiger partial charge >= 0.3 is 0 Å². The van der Waals surface area contributed by atoms with Crippen LogP contribution >= 0.6 is 0 Å². The fourth-order valence-electron chi connectivity index (χ4n) is 1.71. The van der Waals surface area contributed by atoms with Crippen LogP contribution in [0.3, 0.4) is 0 Å². The third-order valence-corrected chi connectivity index (χ3v) is 2.62. The summed E-state index contributed by atoms with van der Waals surface area (Å²) in [5.74, 6) is 2.59. The average molecular weight is 263 g/mol. The number of hydrogen-bond acceptors (Lipinski definition) is 6. The second-order valence-corrected chi connectivity index (χ2v) is 4.01. The molecule has 0 atom stereocenters. The van der Waals surface area contributed by atoms with Crippen molar-refractivity contribution in [2.24, 2.45) is 0 Å². The van der Waals surface area contributed by atoms with E-state index in [-0.39, 0.29) is 0 Å². The molecule has 102 valence electrons. The molecule has 2 rings (SSSR count). The molecule has 0 bridgehead atoms. The fraction of sp³-hybridized carbons (Fsp3) is 0.385. The average Bonchev–Trinajstić information content (AvgIpc) is 2.84. The lowest BCUT2D eigenvalue weighted by Crippen LogP contribution is -2.13. The number of hydrogen-bond donors (Lipinski definition) is 1. The van der Waals surface area contributed by atoms with Gasteiger partial charge in [-0.2, -0.15) is 0 Å². The SMILES string of the molecule is COc1ccc(CNCc2nnc(C)o2)cc1OC. The first kappa shape index (κ1) is 13.4. The first-order valence-electron chi connectivity index (χ1n) is 5.93. The smallest absolute Gasteiger partial charge is 0.230 e. The van der Waals surface area contributed by atoms with E-state index in [9.17, 15) is 0 Å². The summed E-state index contributed by atoms with van der Waals surface area (Å²) in [6.45, 7) is 2.99. The molecule has 19 heavy (non-hydrogen) atoms. The molecule has 1 aromatic heterocycles. The van der Waals surface area contributed by atoms with Crippen LogP contribution in [-0.4, -0.2) is 24.4 Å². The van der Waals surface area contributed by atoms with Crippen LogP contribution in [0.2, 0.25) is 0 Å². The van der Waals surface area contributed by atoms with Crippen LogP contribution in [0.5, 0.6) is 11.5 Å². The van der Waals surface area contributed by atoms with E-state index in [4.69, 9.17) is 13.9 Å². The summed E-state index contributed by atoms with van der Waals surface area (Å²) in [5.41, 5.74) is 1.09. The summed E-state index contributed by atoms with van der Waals surface area (Å²) in [4.78, 5) is 0. The Morgan fingerprint density at radius 1 is 1.11 bits per heavy atom. The maximum absolute atomic E-state index is 5.27. The summed E-state index contributed by atoms with van der Waals surface area (Å²) < 4.78 is 15.7. The molecule has 6 heteroatoms. The summed E-state index contributed by atoms with van der Waals surface area (Å²) in [6, 6.07) is 5.80. The lowest BCUT2D eigenvalue weighted by Gasteiger charge is -2.09. The van der Waals surface area contributed by atoms with Gasteiger partial charge in [0.2, 0.25) is 11.8 Å². The molecule has 0 spiro atoms. The van der Waals surface area contributed by atoms with Gasteiger partial charge in [0, 0.05) is 13.5 Å². The molecule has 0 aliphatic heterocycles. The van der Waals surface area contributed by atoms with E-state index in [0.29, 0.717) is 24.9 Å². The number of nitrogens with one attached hydrogen (secondary N) is 1. The van der Waals surface area contributed by atoms with Crippen molar-refractivity contribution in [1.29, 1.82) is 0 Å². The molecule has 0 saturated carbocycles. The Hall–Kier alpha value is -2.08. The number of ether oxygens (including phenoxy) is 2. The number of aromatic nitrogens is 2. The zero-order chi connectivity index (χ0) is 13.7. The monoisotopic (exact) mass is 263 g/mol. The van der Waals surface area contributed by atoms with Gasteiger partial charge in [0.05, 0.1) is 20.8 Å². The van der Waals surface area contributed by atoms with E-state index in [1.165, 1.54) is 0 Å². The van der Waals surface area contributed by atoms with Gasteiger partial charge in [0.15, 0.2) is 11.5 Å². The number of benzene rings is 1. The maximum Gasteiger partial charge on any atom is 0.230 e. The third kappa shape index (κ3) is 3.45. The van der Waals surface area contributed by atoms with Crippen molar-refractivity contribution in [3.05, 3.63) is 35.5 Å². The molecular formula is C13H17N3O3. The van der Waals surface area contributed by atoms with E-state index in [2.05, 4.69) is 15.5 Å². The van der Waals surface area contributed by atoms with Crippen molar-refractivity contribution in [1.82, 2.24) is 15.5 Å². The van der Waals surface area contributed by atoms with Crippen LogP contribution in [0.15, 0.2) is 22.6 Å². The van der Waals surface area contributed by atoms with Gasteiger partial charge < -0.3 is 19.2 Å². The number of methoxy groups -OCH3 is 2. The lowest BCUT2D eigenvalue weighted by molar-refractivity contribution is 0.354. The van der Waals surface area contributed by atoms with Crippen LogP contribution in [0.25, 0.3) is 0 Å². The van der Waals surface area contributed by atoms with Crippen molar-refractivity contribution in [2.75, 3.05) is 14.2 Å². The Labute approximate surface area is 111 Å². The number of rotatable bonds is 6. The Morgan fingerprint density at radius 2 is 1.89 bits per heavy atom. The topological polar surface area (TPSA) is 69.4 Å². The molecular weight excluding hydrogens is 246 g/mol. The highest BCUT2D eigenvalue weighted by Crippen LogP contribution is 2.27. The fourth-order valence-corrected chi connectivity index (χ4v) is 1.71. The third-order valence-electron chi connectivity index (χ3n) is 2.62. The molecule has 6 nitrogen and oxygen atoms in total. The van der Waals surface area contributed by atoms with Gasteiger partial charge in [-0.15, -0.1) is 10.2 Å². The minimum atomic E-state index is 0.537. The molecule has 0 fully saturated rings. The highest BCUT2D eigenvalue weighted by Gasteiger charge is 2.05. The van der Waals surface area contributed by atoms with Gasteiger partial charge in [0.1, 0.15) is 0 Å². The summed E-state index contributed by atoms with van der Waals surface area (Å²) in [6.07, 6.45) is 0. The van der Waals surface area contributed by atoms with Crippen molar-refractivity contribution >= 4 is 0 Å². The van der Waals surface area contributed by atoms with E-state index in [1.54, 1.807) is 21.1 Å². The van der Waals surface area contributed by atoms with Gasteiger partial charge in [0.25, 0.3) is 0 Å². The zero-order valence-electron chi connectivity index (χ0n) is 11.3. The van der Waals surface area contributed by atoms with E-state index in [0.717, 1.165) is 17.1 Å². The number of aryl methyl sites for hydroxylation is 1. The van der Waals surface area contributed by atoms with E-state index < -0.39 is 0 Å². The highest BCUT2D eigenvalue weighted by molar-refractivity contribution is 5.42. The maximum atomic E-state index is 5.27. The highest BCUT2D eigenvalue weighted by atomic mass is 16.5. The van der Waals surface area contributed by atoms with E-state index >= 15 is 0 Å². The summed E-state index contributed by atoms with van der Waals surface area (Å²) in [7, 11) is 3.24. The second-order valence-electron chi connectivity index (χ2n) is 4.01. The predicted molar refractivity (Wildman–Crippen MR) is 69.1 cm³/mol. The summed E-state index contributed by atoms with van der Waals surface area (Å²) in [5, 5.41) is 10.9. The Balaban J connectivity index is 1.92. The van der Waals surface area contributed by atoms with Crippen molar-refractivity contribution < 1.29 is 13.9 Å². The lowest BCUT2D eigenvalue weighted by atomic mass is 10.2. The minimum Gasteiger partial charge on any atom is -0.493 e. The number of nitrogens with zero attached hydrogens (tertiary/aromatic N) is 2. The molecule has 0 amide bonds. The molecule has 1 heterocycles. The Morgan fingerprint density at radius 3 is 2.53 bits per heavy atom. The van der Waals surface area contributed by atoms with Gasteiger partial charge in [-0.05, 0) is 17.7 Å². The molecule has 0 saturated heterocycles. The zero-order valence-corrected chi connectivity index (χ0v) is 11.3. The quantitative estimate of drug-likeness (QED) is 0.855. The van der Waals surface area contributed by atoms with Crippen molar-refractivity contribution in [2.45, 2.75) is 20.0 Å².